The van der Waals surface area contributed by atoms with Gasteiger partial charge in [0.25, 0.3) is 0 Å². The molecule has 1 atom stereocenters. The van der Waals surface area contributed by atoms with Crippen LogP contribution in [-0.2, 0) is 12.8 Å². The molecule has 0 amide bonds. The average molecular weight is 260 g/mol. The number of aryl methyl sites for hydroxylation is 2. The molecule has 106 valence electrons. The topological polar surface area (TPSA) is 15.3 Å². The van der Waals surface area contributed by atoms with Crippen molar-refractivity contribution < 1.29 is 0 Å². The molecule has 1 heterocycles. The van der Waals surface area contributed by atoms with E-state index < -0.39 is 0 Å². The van der Waals surface area contributed by atoms with Crippen LogP contribution in [0.3, 0.4) is 0 Å². The number of hydrogen-bond acceptors (Lipinski definition) is 2. The summed E-state index contributed by atoms with van der Waals surface area (Å²) in [5.74, 6) is 0.876. The molecule has 0 saturated carbocycles. The van der Waals surface area contributed by atoms with Crippen molar-refractivity contribution in [2.24, 2.45) is 5.92 Å². The SMILES string of the molecule is CCc1cccc(CC)c1N(C)CCC1CCNC1. The Balaban J connectivity index is 2.05. The minimum Gasteiger partial charge on any atom is -0.374 e. The van der Waals surface area contributed by atoms with Gasteiger partial charge < -0.3 is 10.2 Å². The molecule has 0 bridgehead atoms. The Bertz CT molecular complexity index is 372. The first-order chi connectivity index (χ1) is 9.26. The van der Waals surface area contributed by atoms with Gasteiger partial charge in [-0.25, -0.2) is 0 Å². The number of hydrogen-bond donors (Lipinski definition) is 1. The zero-order valence-corrected chi connectivity index (χ0v) is 12.7. The van der Waals surface area contributed by atoms with Crippen LogP contribution in [0.2, 0.25) is 0 Å². The van der Waals surface area contributed by atoms with Crippen LogP contribution in [0.25, 0.3) is 0 Å². The number of para-hydroxylation sites is 1. The van der Waals surface area contributed by atoms with E-state index in [2.05, 4.69) is 49.3 Å². The maximum absolute atomic E-state index is 3.46. The number of rotatable bonds is 6. The third kappa shape index (κ3) is 3.50. The van der Waals surface area contributed by atoms with Crippen LogP contribution in [-0.4, -0.2) is 26.7 Å². The highest BCUT2D eigenvalue weighted by atomic mass is 15.1. The highest BCUT2D eigenvalue weighted by Gasteiger charge is 2.16. The molecule has 0 aromatic heterocycles. The van der Waals surface area contributed by atoms with Gasteiger partial charge in [0.05, 0.1) is 0 Å². The van der Waals surface area contributed by atoms with Crippen LogP contribution in [0.15, 0.2) is 18.2 Å². The Morgan fingerprint density at radius 3 is 2.42 bits per heavy atom. The Labute approximate surface area is 118 Å². The van der Waals surface area contributed by atoms with Crippen molar-refractivity contribution in [3.05, 3.63) is 29.3 Å². The molecule has 0 aliphatic carbocycles. The van der Waals surface area contributed by atoms with Gasteiger partial charge >= 0.3 is 0 Å². The van der Waals surface area contributed by atoms with E-state index in [1.54, 1.807) is 0 Å². The molecule has 19 heavy (non-hydrogen) atoms. The molecule has 1 aromatic carbocycles. The molecule has 1 unspecified atom stereocenters. The van der Waals surface area contributed by atoms with E-state index in [1.807, 2.05) is 0 Å². The smallest absolute Gasteiger partial charge is 0.0428 e. The highest BCUT2D eigenvalue weighted by molar-refractivity contribution is 5.59. The van der Waals surface area contributed by atoms with Crippen molar-refractivity contribution in [3.63, 3.8) is 0 Å². The second-order valence-corrected chi connectivity index (χ2v) is 5.70. The standard InChI is InChI=1S/C17H28N2/c1-4-15-7-6-8-16(5-2)17(15)19(3)12-10-14-9-11-18-13-14/h6-8,14,18H,4-5,9-13H2,1-3H3. The first-order valence-electron chi connectivity index (χ1n) is 7.78. The maximum Gasteiger partial charge on any atom is 0.0428 e. The van der Waals surface area contributed by atoms with Crippen molar-refractivity contribution in [1.82, 2.24) is 5.32 Å². The first-order valence-corrected chi connectivity index (χ1v) is 7.78. The summed E-state index contributed by atoms with van der Waals surface area (Å²) >= 11 is 0. The number of anilines is 1. The molecule has 1 fully saturated rings. The summed E-state index contributed by atoms with van der Waals surface area (Å²) in [6.07, 6.45) is 4.91. The van der Waals surface area contributed by atoms with Gasteiger partial charge in [-0.3, -0.25) is 0 Å². The predicted molar refractivity (Wildman–Crippen MR) is 84.1 cm³/mol. The second-order valence-electron chi connectivity index (χ2n) is 5.70. The molecule has 0 spiro atoms. The van der Waals surface area contributed by atoms with Crippen molar-refractivity contribution in [1.29, 1.82) is 0 Å². The van der Waals surface area contributed by atoms with Gasteiger partial charge in [-0.15, -0.1) is 0 Å². The summed E-state index contributed by atoms with van der Waals surface area (Å²) in [4.78, 5) is 2.48. The largest absolute Gasteiger partial charge is 0.374 e. The molecular weight excluding hydrogens is 232 g/mol. The van der Waals surface area contributed by atoms with Gasteiger partial charge in [0.1, 0.15) is 0 Å². The van der Waals surface area contributed by atoms with Crippen molar-refractivity contribution in [3.8, 4) is 0 Å². The van der Waals surface area contributed by atoms with Crippen LogP contribution in [0.1, 0.15) is 37.8 Å². The minimum atomic E-state index is 0.876. The Morgan fingerprint density at radius 2 is 1.89 bits per heavy atom. The molecule has 1 aliphatic heterocycles. The summed E-state index contributed by atoms with van der Waals surface area (Å²) in [5, 5.41) is 3.46. The lowest BCUT2D eigenvalue weighted by molar-refractivity contribution is 0.533. The molecule has 1 saturated heterocycles. The summed E-state index contributed by atoms with van der Waals surface area (Å²) in [6, 6.07) is 6.76. The number of benzene rings is 1. The van der Waals surface area contributed by atoms with Gasteiger partial charge in [0, 0.05) is 19.3 Å². The van der Waals surface area contributed by atoms with E-state index in [9.17, 15) is 0 Å². The second kappa shape index (κ2) is 6.95. The lowest BCUT2D eigenvalue weighted by atomic mass is 10.0. The fourth-order valence-electron chi connectivity index (χ4n) is 3.15. The predicted octanol–water partition coefficient (Wildman–Crippen LogP) is 3.25. The van der Waals surface area contributed by atoms with Crippen molar-refractivity contribution in [2.75, 3.05) is 31.6 Å². The Morgan fingerprint density at radius 1 is 1.21 bits per heavy atom. The lowest BCUT2D eigenvalue weighted by Crippen LogP contribution is -2.24. The molecule has 1 aromatic rings. The Hall–Kier alpha value is -1.02. The van der Waals surface area contributed by atoms with Gasteiger partial charge in [-0.05, 0) is 55.8 Å². The van der Waals surface area contributed by atoms with Gasteiger partial charge in [0.2, 0.25) is 0 Å². The van der Waals surface area contributed by atoms with Crippen LogP contribution in [0, 0.1) is 5.92 Å². The van der Waals surface area contributed by atoms with E-state index in [0.29, 0.717) is 0 Å². The fraction of sp³-hybridized carbons (Fsp3) is 0.647. The summed E-state index contributed by atoms with van der Waals surface area (Å²) < 4.78 is 0. The summed E-state index contributed by atoms with van der Waals surface area (Å²) in [7, 11) is 2.26. The quantitative estimate of drug-likeness (QED) is 0.844. The molecular formula is C17H28N2. The van der Waals surface area contributed by atoms with Crippen LogP contribution < -0.4 is 10.2 Å². The normalized spacial score (nSPS) is 18.8. The molecule has 0 radical (unpaired) electrons. The average Bonchev–Trinajstić information content (AvgIpc) is 2.97. The zero-order valence-electron chi connectivity index (χ0n) is 12.7. The third-order valence-corrected chi connectivity index (χ3v) is 4.38. The summed E-state index contributed by atoms with van der Waals surface area (Å²) in [6.45, 7) is 8.11. The van der Waals surface area contributed by atoms with E-state index in [4.69, 9.17) is 0 Å². The highest BCUT2D eigenvalue weighted by Crippen LogP contribution is 2.27. The molecule has 2 nitrogen and oxygen atoms in total. The van der Waals surface area contributed by atoms with Gasteiger partial charge in [-0.1, -0.05) is 32.0 Å². The van der Waals surface area contributed by atoms with Crippen LogP contribution in [0.5, 0.6) is 0 Å². The lowest BCUT2D eigenvalue weighted by Gasteiger charge is -2.26. The number of nitrogens with zero attached hydrogens (tertiary/aromatic N) is 1. The molecule has 1 N–H and O–H groups in total. The maximum atomic E-state index is 3.46. The van der Waals surface area contributed by atoms with E-state index >= 15 is 0 Å². The van der Waals surface area contributed by atoms with Gasteiger partial charge in [0.15, 0.2) is 0 Å². The molecule has 2 rings (SSSR count). The van der Waals surface area contributed by atoms with Crippen LogP contribution >= 0.6 is 0 Å². The molecule has 2 heteroatoms. The van der Waals surface area contributed by atoms with Crippen molar-refractivity contribution in [2.45, 2.75) is 39.5 Å². The van der Waals surface area contributed by atoms with Gasteiger partial charge in [-0.2, -0.15) is 0 Å². The third-order valence-electron chi connectivity index (χ3n) is 4.38. The first kappa shape index (κ1) is 14.4. The molecule has 1 aliphatic rings. The van der Waals surface area contributed by atoms with E-state index in [0.717, 1.165) is 18.8 Å². The fourth-order valence-corrected chi connectivity index (χ4v) is 3.15. The van der Waals surface area contributed by atoms with Crippen molar-refractivity contribution >= 4 is 5.69 Å². The van der Waals surface area contributed by atoms with Crippen LogP contribution in [0.4, 0.5) is 5.69 Å². The number of nitrogens with one attached hydrogen (secondary N) is 1. The zero-order chi connectivity index (χ0) is 13.7. The monoisotopic (exact) mass is 260 g/mol. The minimum absolute atomic E-state index is 0.876. The Kier molecular flexibility index (Phi) is 5.26. The summed E-state index contributed by atoms with van der Waals surface area (Å²) in [5.41, 5.74) is 4.47. The van der Waals surface area contributed by atoms with E-state index in [-0.39, 0.29) is 0 Å². The van der Waals surface area contributed by atoms with E-state index in [1.165, 1.54) is 49.3 Å².